The molecule has 0 unspecified atom stereocenters. The van der Waals surface area contributed by atoms with Crippen LogP contribution >= 0.6 is 104 Å². The molecule has 0 fully saturated rings. The van der Waals surface area contributed by atoms with Crippen LogP contribution in [-0.2, 0) is 26.3 Å². The third-order valence-corrected chi connectivity index (χ3v) is 31.7. The Morgan fingerprint density at radius 1 is 0.186 bits per heavy atom. The first-order valence-corrected chi connectivity index (χ1v) is 32.3. The molecule has 3 nitrogen and oxygen atoms in total. The van der Waals surface area contributed by atoms with Crippen LogP contribution in [0.25, 0.3) is 0 Å². The third kappa shape index (κ3) is 10.8. The molecule has 0 amide bonds. The molecule has 350 valence electrons. The Hall–Kier alpha value is -3.29. The van der Waals surface area contributed by atoms with E-state index in [-0.39, 0.29) is 0 Å². The van der Waals surface area contributed by atoms with E-state index in [1.807, 2.05) is 218 Å². The van der Waals surface area contributed by atoms with Gasteiger partial charge in [-0.05, 0) is 0 Å². The van der Waals surface area contributed by atoms with Gasteiger partial charge >= 0.3 is 466 Å². The van der Waals surface area contributed by atoms with E-state index in [1.165, 1.54) is 0 Å². The van der Waals surface area contributed by atoms with Crippen molar-refractivity contribution >= 4 is 176 Å². The average Bonchev–Trinajstić information content (AvgIpc) is 3.36. The van der Waals surface area contributed by atoms with Crippen molar-refractivity contribution in [2.75, 3.05) is 0 Å². The van der Waals surface area contributed by atoms with Gasteiger partial charge in [0.2, 0.25) is 0 Å². The molecule has 9 aromatic rings. The van der Waals surface area contributed by atoms with Crippen LogP contribution in [0.3, 0.4) is 0 Å². The SMILES string of the molecule is Clc1ccc([Si]([O][V]([O][Si](c2ccc(Cl)cc2)(c2ccc(Cl)cc2)c2ccc(Cl)cc2)[O][Si](c2ccc(Cl)cc2)(c2ccc(Cl)cc2)c2ccc(Cl)cc2)(c2ccc(Cl)cc2)c2ccc(Cl)cc2)cc1. The van der Waals surface area contributed by atoms with Crippen molar-refractivity contribution in [1.29, 1.82) is 0 Å². The van der Waals surface area contributed by atoms with Crippen molar-refractivity contribution in [1.82, 2.24) is 0 Å². The van der Waals surface area contributed by atoms with Crippen LogP contribution in [0.15, 0.2) is 218 Å². The fourth-order valence-electron chi connectivity index (χ4n) is 8.53. The summed E-state index contributed by atoms with van der Waals surface area (Å²) >= 11 is 56.4. The van der Waals surface area contributed by atoms with E-state index in [0.717, 1.165) is 46.7 Å². The van der Waals surface area contributed by atoms with Crippen LogP contribution in [0.5, 0.6) is 0 Å². The third-order valence-electron chi connectivity index (χ3n) is 11.9. The number of rotatable bonds is 15. The molecule has 0 aromatic heterocycles. The van der Waals surface area contributed by atoms with Gasteiger partial charge in [0.25, 0.3) is 0 Å². The minimum absolute atomic E-state index is 0.556. The molecule has 0 saturated heterocycles. The summed E-state index contributed by atoms with van der Waals surface area (Å²) in [5.74, 6) is 0. The van der Waals surface area contributed by atoms with Crippen LogP contribution in [0, 0.1) is 0 Å². The van der Waals surface area contributed by atoms with Crippen LogP contribution in [0.1, 0.15) is 0 Å². The van der Waals surface area contributed by atoms with E-state index in [1.54, 1.807) is 0 Å². The van der Waals surface area contributed by atoms with Crippen LogP contribution in [0.2, 0.25) is 45.2 Å². The van der Waals surface area contributed by atoms with Crippen molar-refractivity contribution in [2.24, 2.45) is 0 Å². The molecule has 0 radical (unpaired) electrons. The predicted molar refractivity (Wildman–Crippen MR) is 300 cm³/mol. The monoisotopic (exact) mass is 1180 g/mol. The average molecular weight is 1190 g/mol. The first-order chi connectivity index (χ1) is 33.8. The van der Waals surface area contributed by atoms with Gasteiger partial charge in [-0.2, -0.15) is 0 Å². The van der Waals surface area contributed by atoms with Crippen LogP contribution in [0.4, 0.5) is 0 Å². The van der Waals surface area contributed by atoms with Gasteiger partial charge in [-0.3, -0.25) is 0 Å². The van der Waals surface area contributed by atoms with Crippen LogP contribution < -0.4 is 46.7 Å². The number of hydrogen-bond acceptors (Lipinski definition) is 3. The molecule has 0 aliphatic carbocycles. The van der Waals surface area contributed by atoms with Gasteiger partial charge in [-0.25, -0.2) is 0 Å². The standard InChI is InChI=1S/3C18H12Cl3OSi.V/c3*19-13-1-7-16(8-2-13)23(22,17-9-3-14(20)4-10-17)18-11-5-15(21)6-12-18;/h3*1-12H;/q3*-1;+3. The Morgan fingerprint density at radius 3 is 0.386 bits per heavy atom. The van der Waals surface area contributed by atoms with E-state index in [0.29, 0.717) is 45.2 Å². The summed E-state index contributed by atoms with van der Waals surface area (Å²) in [6.45, 7) is 0. The molecule has 0 saturated carbocycles. The molecule has 70 heavy (non-hydrogen) atoms. The topological polar surface area (TPSA) is 27.7 Å². The van der Waals surface area contributed by atoms with Gasteiger partial charge < -0.3 is 0 Å². The Labute approximate surface area is 461 Å². The molecule has 9 rings (SSSR count). The second-order valence-corrected chi connectivity index (χ2v) is 33.1. The number of benzene rings is 9. The van der Waals surface area contributed by atoms with Gasteiger partial charge in [-0.15, -0.1) is 0 Å². The first kappa shape index (κ1) is 51.6. The van der Waals surface area contributed by atoms with E-state index in [4.69, 9.17) is 114 Å². The second-order valence-electron chi connectivity index (χ2n) is 16.1. The first-order valence-electron chi connectivity index (χ1n) is 21.5. The number of hydrogen-bond donors (Lipinski definition) is 0. The van der Waals surface area contributed by atoms with Crippen molar-refractivity contribution in [3.63, 3.8) is 0 Å². The molecule has 0 N–H and O–H groups in total. The van der Waals surface area contributed by atoms with Gasteiger partial charge in [0.1, 0.15) is 0 Å². The summed E-state index contributed by atoms with van der Waals surface area (Å²) < 4.78 is 25.0. The van der Waals surface area contributed by atoms with Crippen molar-refractivity contribution in [3.8, 4) is 0 Å². The summed E-state index contributed by atoms with van der Waals surface area (Å²) in [7, 11) is -11.6. The predicted octanol–water partition coefficient (Wildman–Crippen LogP) is 12.3. The van der Waals surface area contributed by atoms with E-state index >= 15 is 0 Å². The Kier molecular flexibility index (Phi) is 16.5. The molecule has 0 spiro atoms. The quantitative estimate of drug-likeness (QED) is 0.0756. The van der Waals surface area contributed by atoms with Gasteiger partial charge in [-0.1, -0.05) is 0 Å². The molecule has 0 heterocycles. The van der Waals surface area contributed by atoms with Gasteiger partial charge in [0.15, 0.2) is 0 Å². The fraction of sp³-hybridized carbons (Fsp3) is 0. The summed E-state index contributed by atoms with van der Waals surface area (Å²) in [6, 6.07) is 69.8. The number of halogens is 9. The maximum absolute atomic E-state index is 8.32. The van der Waals surface area contributed by atoms with Gasteiger partial charge in [0, 0.05) is 0 Å². The van der Waals surface area contributed by atoms with Crippen molar-refractivity contribution in [3.05, 3.63) is 264 Å². The summed E-state index contributed by atoms with van der Waals surface area (Å²) in [6.07, 6.45) is 0. The molecule has 9 aromatic carbocycles. The Bertz CT molecular complexity index is 2510. The molecule has 0 aliphatic heterocycles. The molecular formula is C54H36Cl9O3Si3V. The van der Waals surface area contributed by atoms with E-state index in [2.05, 4.69) is 0 Å². The van der Waals surface area contributed by atoms with Crippen LogP contribution in [-0.4, -0.2) is 25.0 Å². The summed E-state index contributed by atoms with van der Waals surface area (Å²) in [4.78, 5) is 0. The molecule has 0 atom stereocenters. The van der Waals surface area contributed by atoms with Crippen molar-refractivity contribution in [2.45, 2.75) is 0 Å². The molecule has 0 aliphatic rings. The zero-order valence-electron chi connectivity index (χ0n) is 36.4. The second kappa shape index (κ2) is 22.4. The summed E-state index contributed by atoms with van der Waals surface area (Å²) in [5.41, 5.74) is 0. The van der Waals surface area contributed by atoms with E-state index in [9.17, 15) is 0 Å². The minimum atomic E-state index is -3.98. The molecule has 16 heteroatoms. The van der Waals surface area contributed by atoms with Gasteiger partial charge in [0.05, 0.1) is 0 Å². The van der Waals surface area contributed by atoms with E-state index < -0.39 is 41.2 Å². The molecular weight excluding hydrogens is 1150 g/mol. The Morgan fingerprint density at radius 2 is 0.286 bits per heavy atom. The molecule has 0 bridgehead atoms. The van der Waals surface area contributed by atoms with Crippen molar-refractivity contribution < 1.29 is 26.3 Å². The zero-order valence-corrected chi connectivity index (χ0v) is 47.6. The Balaban J connectivity index is 1.43. The fourth-order valence-corrected chi connectivity index (χ4v) is 29.6. The zero-order chi connectivity index (χ0) is 49.0. The normalized spacial score (nSPS) is 12.1. The summed E-state index contributed by atoms with van der Waals surface area (Å²) in [5, 5.41) is 12.8. The maximum atomic E-state index is 8.32.